The minimum Gasteiger partial charge on any atom is -0.337 e. The minimum absolute atomic E-state index is 0.140. The maximum absolute atomic E-state index is 12.4. The molecule has 0 aromatic heterocycles. The smallest absolute Gasteiger partial charge is 0.241 e. The summed E-state index contributed by atoms with van der Waals surface area (Å²) < 4.78 is 0. The maximum Gasteiger partial charge on any atom is 0.241 e. The number of carbonyl (C=O) groups is 1. The third kappa shape index (κ3) is 3.02. The molecule has 2 aliphatic rings. The average Bonchev–Trinajstić information content (AvgIpc) is 2.62. The normalized spacial score (nSPS) is 30.9. The van der Waals surface area contributed by atoms with Crippen molar-refractivity contribution in [3.05, 3.63) is 0 Å². The number of rotatable bonds is 2. The number of piperazine rings is 1. The summed E-state index contributed by atoms with van der Waals surface area (Å²) in [4.78, 5) is 14.4. The zero-order chi connectivity index (χ0) is 13.0. The summed E-state index contributed by atoms with van der Waals surface area (Å²) in [5.74, 6) is 0.140. The second-order valence-electron chi connectivity index (χ2n) is 5.62. The number of hydrogen-bond acceptors (Lipinski definition) is 3. The predicted octanol–water partition coefficient (Wildman–Crippen LogP) is 1.81. The lowest BCUT2D eigenvalue weighted by atomic mass is 10.0. The first-order valence-corrected chi connectivity index (χ1v) is 7.16. The lowest BCUT2D eigenvalue weighted by Gasteiger charge is -2.41. The van der Waals surface area contributed by atoms with E-state index in [2.05, 4.69) is 23.2 Å². The van der Waals surface area contributed by atoms with E-state index in [4.69, 9.17) is 5.26 Å². The molecule has 2 rings (SSSR count). The van der Waals surface area contributed by atoms with Crippen molar-refractivity contribution in [1.82, 2.24) is 10.2 Å². The van der Waals surface area contributed by atoms with Gasteiger partial charge in [-0.05, 0) is 19.8 Å². The Labute approximate surface area is 109 Å². The van der Waals surface area contributed by atoms with Gasteiger partial charge in [0.05, 0.1) is 12.5 Å². The van der Waals surface area contributed by atoms with Crippen LogP contribution >= 0.6 is 0 Å². The molecule has 0 aromatic carbocycles. The van der Waals surface area contributed by atoms with Gasteiger partial charge in [-0.15, -0.1) is 0 Å². The monoisotopic (exact) mass is 249 g/mol. The molecule has 1 saturated carbocycles. The Morgan fingerprint density at radius 2 is 2.00 bits per heavy atom. The van der Waals surface area contributed by atoms with Crippen LogP contribution in [-0.2, 0) is 4.79 Å². The van der Waals surface area contributed by atoms with Crippen molar-refractivity contribution in [2.75, 3.05) is 6.54 Å². The molecule has 1 amide bonds. The average molecular weight is 249 g/mol. The summed E-state index contributed by atoms with van der Waals surface area (Å²) in [6, 6.07) is 2.53. The number of amides is 1. The van der Waals surface area contributed by atoms with E-state index < -0.39 is 0 Å². The Hall–Kier alpha value is -1.08. The molecule has 100 valence electrons. The molecule has 18 heavy (non-hydrogen) atoms. The van der Waals surface area contributed by atoms with E-state index in [1.54, 1.807) is 0 Å². The molecule has 2 unspecified atom stereocenters. The second-order valence-corrected chi connectivity index (χ2v) is 5.62. The van der Waals surface area contributed by atoms with Crippen LogP contribution in [-0.4, -0.2) is 35.5 Å². The molecular formula is C14H23N3O. The quantitative estimate of drug-likeness (QED) is 0.759. The van der Waals surface area contributed by atoms with Gasteiger partial charge in [0.2, 0.25) is 5.91 Å². The number of nitrogens with one attached hydrogen (secondary N) is 1. The van der Waals surface area contributed by atoms with Gasteiger partial charge in [-0.3, -0.25) is 4.79 Å². The van der Waals surface area contributed by atoms with E-state index in [0.717, 1.165) is 19.4 Å². The molecule has 1 saturated heterocycles. The van der Waals surface area contributed by atoms with Crippen molar-refractivity contribution in [3.63, 3.8) is 0 Å². The highest BCUT2D eigenvalue weighted by molar-refractivity contribution is 5.83. The van der Waals surface area contributed by atoms with Gasteiger partial charge >= 0.3 is 0 Å². The van der Waals surface area contributed by atoms with Crippen LogP contribution < -0.4 is 5.32 Å². The molecular weight excluding hydrogens is 226 g/mol. The first kappa shape index (κ1) is 13.4. The van der Waals surface area contributed by atoms with Gasteiger partial charge in [0.25, 0.3) is 0 Å². The number of hydrogen-bond donors (Lipinski definition) is 1. The molecule has 0 radical (unpaired) electrons. The fraction of sp³-hybridized carbons (Fsp3) is 0.857. The van der Waals surface area contributed by atoms with E-state index >= 15 is 0 Å². The first-order chi connectivity index (χ1) is 8.72. The summed E-state index contributed by atoms with van der Waals surface area (Å²) >= 11 is 0. The Morgan fingerprint density at radius 3 is 2.61 bits per heavy atom. The van der Waals surface area contributed by atoms with Crippen molar-refractivity contribution < 1.29 is 4.79 Å². The second kappa shape index (κ2) is 6.19. The maximum atomic E-state index is 12.4. The van der Waals surface area contributed by atoms with E-state index in [1.807, 2.05) is 0 Å². The van der Waals surface area contributed by atoms with Crippen LogP contribution in [0.1, 0.15) is 51.9 Å². The molecule has 0 spiro atoms. The van der Waals surface area contributed by atoms with Crippen LogP contribution in [0.2, 0.25) is 0 Å². The molecule has 2 atom stereocenters. The van der Waals surface area contributed by atoms with Crippen LogP contribution in [0.25, 0.3) is 0 Å². The van der Waals surface area contributed by atoms with Crippen LogP contribution in [0.3, 0.4) is 0 Å². The summed E-state index contributed by atoms with van der Waals surface area (Å²) in [6.45, 7) is 2.89. The molecule has 4 nitrogen and oxygen atoms in total. The van der Waals surface area contributed by atoms with Crippen molar-refractivity contribution in [2.45, 2.75) is 70.0 Å². The van der Waals surface area contributed by atoms with Gasteiger partial charge in [0.15, 0.2) is 0 Å². The summed E-state index contributed by atoms with van der Waals surface area (Å²) in [7, 11) is 0. The lowest BCUT2D eigenvalue weighted by molar-refractivity contribution is -0.139. The van der Waals surface area contributed by atoms with Gasteiger partial charge < -0.3 is 10.2 Å². The lowest BCUT2D eigenvalue weighted by Crippen LogP contribution is -2.61. The highest BCUT2D eigenvalue weighted by Crippen LogP contribution is 2.24. The van der Waals surface area contributed by atoms with Crippen molar-refractivity contribution in [1.29, 1.82) is 5.26 Å². The van der Waals surface area contributed by atoms with Crippen LogP contribution in [0, 0.1) is 11.3 Å². The predicted molar refractivity (Wildman–Crippen MR) is 69.8 cm³/mol. The Kier molecular flexibility index (Phi) is 4.60. The molecule has 1 N–H and O–H groups in total. The Balaban J connectivity index is 2.05. The Bertz CT molecular complexity index is 328. The SMILES string of the molecule is CC1CN(C2CCCCCC2)C(=O)C(CC#N)N1. The third-order valence-electron chi connectivity index (χ3n) is 4.10. The molecule has 1 aliphatic heterocycles. The molecule has 0 bridgehead atoms. The van der Waals surface area contributed by atoms with E-state index in [-0.39, 0.29) is 18.4 Å². The summed E-state index contributed by atoms with van der Waals surface area (Å²) in [6.07, 6.45) is 7.63. The molecule has 0 aromatic rings. The first-order valence-electron chi connectivity index (χ1n) is 7.16. The molecule has 4 heteroatoms. The zero-order valence-corrected chi connectivity index (χ0v) is 11.2. The largest absolute Gasteiger partial charge is 0.337 e. The van der Waals surface area contributed by atoms with Gasteiger partial charge in [-0.1, -0.05) is 25.7 Å². The highest BCUT2D eigenvalue weighted by Gasteiger charge is 2.35. The van der Waals surface area contributed by atoms with Gasteiger partial charge in [0, 0.05) is 18.6 Å². The fourth-order valence-corrected chi connectivity index (χ4v) is 3.19. The summed E-state index contributed by atoms with van der Waals surface area (Å²) in [5.41, 5.74) is 0. The van der Waals surface area contributed by atoms with Gasteiger partial charge in [-0.25, -0.2) is 0 Å². The van der Waals surface area contributed by atoms with Crippen LogP contribution in [0.4, 0.5) is 0 Å². The van der Waals surface area contributed by atoms with Crippen LogP contribution in [0.15, 0.2) is 0 Å². The van der Waals surface area contributed by atoms with Gasteiger partial charge in [0.1, 0.15) is 6.04 Å². The van der Waals surface area contributed by atoms with Gasteiger partial charge in [-0.2, -0.15) is 5.26 Å². The fourth-order valence-electron chi connectivity index (χ4n) is 3.19. The summed E-state index contributed by atoms with van der Waals surface area (Å²) in [5, 5.41) is 12.0. The topological polar surface area (TPSA) is 56.1 Å². The zero-order valence-electron chi connectivity index (χ0n) is 11.2. The number of carbonyl (C=O) groups excluding carboxylic acids is 1. The number of nitriles is 1. The molecule has 2 fully saturated rings. The highest BCUT2D eigenvalue weighted by atomic mass is 16.2. The van der Waals surface area contributed by atoms with E-state index in [0.29, 0.717) is 12.1 Å². The minimum atomic E-state index is -0.290. The van der Waals surface area contributed by atoms with Crippen LogP contribution in [0.5, 0.6) is 0 Å². The number of nitrogens with zero attached hydrogens (tertiary/aromatic N) is 2. The van der Waals surface area contributed by atoms with E-state index in [9.17, 15) is 4.79 Å². The molecule has 1 heterocycles. The van der Waals surface area contributed by atoms with E-state index in [1.165, 1.54) is 25.7 Å². The van der Waals surface area contributed by atoms with Crippen molar-refractivity contribution >= 4 is 5.91 Å². The standard InChI is InChI=1S/C14H23N3O/c1-11-10-17(12-6-4-2-3-5-7-12)14(18)13(16-11)8-9-15/h11-13,16H,2-8,10H2,1H3. The van der Waals surface area contributed by atoms with Crippen molar-refractivity contribution in [2.24, 2.45) is 0 Å². The Morgan fingerprint density at radius 1 is 1.33 bits per heavy atom. The third-order valence-corrected chi connectivity index (χ3v) is 4.10. The van der Waals surface area contributed by atoms with Crippen molar-refractivity contribution in [3.8, 4) is 6.07 Å². The molecule has 1 aliphatic carbocycles.